The van der Waals surface area contributed by atoms with Gasteiger partial charge in [-0.2, -0.15) is 0 Å². The summed E-state index contributed by atoms with van der Waals surface area (Å²) in [6.07, 6.45) is 0.111. The maximum atomic E-state index is 12.9. The third-order valence-corrected chi connectivity index (χ3v) is 4.00. The molecule has 0 saturated heterocycles. The summed E-state index contributed by atoms with van der Waals surface area (Å²) in [5.74, 6) is 0.499. The highest BCUT2D eigenvalue weighted by Gasteiger charge is 2.28. The fraction of sp³-hybridized carbons (Fsp3) is 0.368. The highest BCUT2D eigenvalue weighted by Crippen LogP contribution is 2.27. The zero-order valence-corrected chi connectivity index (χ0v) is 13.8. The number of aliphatic hydroxyl groups is 1. The predicted molar refractivity (Wildman–Crippen MR) is 90.1 cm³/mol. The Morgan fingerprint density at radius 2 is 1.87 bits per heavy atom. The van der Waals surface area contributed by atoms with Crippen LogP contribution in [0, 0.1) is 5.82 Å². The first-order valence-corrected chi connectivity index (χ1v) is 7.74. The standard InChI is InChI=1S/C19H24FNO2/c1-19(2,18(22)15-5-4-6-17(13-15)23-3)21-12-11-14-7-9-16(20)10-8-14/h4-10,13,18,21-22H,11-12H2,1-3H3/t18-/m1/s1. The van der Waals surface area contributed by atoms with Gasteiger partial charge in [-0.25, -0.2) is 4.39 Å². The van der Waals surface area contributed by atoms with Crippen molar-refractivity contribution in [1.29, 1.82) is 0 Å². The van der Waals surface area contributed by atoms with Gasteiger partial charge in [0.2, 0.25) is 0 Å². The Kier molecular flexibility index (Phi) is 5.74. The van der Waals surface area contributed by atoms with Crippen LogP contribution in [-0.2, 0) is 6.42 Å². The van der Waals surface area contributed by atoms with Gasteiger partial charge >= 0.3 is 0 Å². The minimum absolute atomic E-state index is 0.226. The molecule has 0 unspecified atom stereocenters. The van der Waals surface area contributed by atoms with E-state index in [2.05, 4.69) is 5.32 Å². The van der Waals surface area contributed by atoms with Crippen LogP contribution in [0.5, 0.6) is 5.75 Å². The Morgan fingerprint density at radius 1 is 1.17 bits per heavy atom. The molecule has 0 saturated carbocycles. The first-order valence-electron chi connectivity index (χ1n) is 7.74. The third-order valence-electron chi connectivity index (χ3n) is 4.00. The number of benzene rings is 2. The molecule has 0 aliphatic heterocycles. The van der Waals surface area contributed by atoms with Crippen LogP contribution in [0.1, 0.15) is 31.1 Å². The average molecular weight is 317 g/mol. The van der Waals surface area contributed by atoms with Gasteiger partial charge in [0.25, 0.3) is 0 Å². The van der Waals surface area contributed by atoms with Crippen LogP contribution in [0.4, 0.5) is 4.39 Å². The van der Waals surface area contributed by atoms with Crippen molar-refractivity contribution >= 4 is 0 Å². The Bertz CT molecular complexity index is 626. The minimum atomic E-state index is -0.661. The van der Waals surface area contributed by atoms with Crippen LogP contribution < -0.4 is 10.1 Å². The zero-order valence-electron chi connectivity index (χ0n) is 13.8. The Hall–Kier alpha value is -1.91. The second kappa shape index (κ2) is 7.57. The summed E-state index contributed by atoms with van der Waals surface area (Å²) in [5.41, 5.74) is 1.38. The second-order valence-corrected chi connectivity index (χ2v) is 6.20. The van der Waals surface area contributed by atoms with Crippen molar-refractivity contribution in [3.63, 3.8) is 0 Å². The van der Waals surface area contributed by atoms with Crippen LogP contribution in [0.25, 0.3) is 0 Å². The SMILES string of the molecule is COc1cccc([C@@H](O)C(C)(C)NCCc2ccc(F)cc2)c1. The Labute approximate surface area is 137 Å². The van der Waals surface area contributed by atoms with Crippen molar-refractivity contribution in [3.05, 3.63) is 65.5 Å². The molecule has 0 spiro atoms. The van der Waals surface area contributed by atoms with Gasteiger partial charge in [-0.1, -0.05) is 24.3 Å². The molecule has 0 aliphatic carbocycles. The van der Waals surface area contributed by atoms with E-state index in [0.29, 0.717) is 6.54 Å². The summed E-state index contributed by atoms with van der Waals surface area (Å²) in [6.45, 7) is 4.61. The van der Waals surface area contributed by atoms with Gasteiger partial charge in [-0.3, -0.25) is 0 Å². The summed E-state index contributed by atoms with van der Waals surface area (Å²) in [4.78, 5) is 0. The summed E-state index contributed by atoms with van der Waals surface area (Å²) in [7, 11) is 1.61. The van der Waals surface area contributed by atoms with Crippen LogP contribution in [-0.4, -0.2) is 24.3 Å². The number of hydrogen-bond donors (Lipinski definition) is 2. The third kappa shape index (κ3) is 4.78. The number of rotatable bonds is 7. The summed E-state index contributed by atoms with van der Waals surface area (Å²) < 4.78 is 18.1. The highest BCUT2D eigenvalue weighted by molar-refractivity contribution is 5.31. The molecule has 0 radical (unpaired) electrons. The molecule has 2 aromatic carbocycles. The number of nitrogens with one attached hydrogen (secondary N) is 1. The van der Waals surface area contributed by atoms with Gasteiger partial charge in [0.15, 0.2) is 0 Å². The summed E-state index contributed by atoms with van der Waals surface area (Å²) in [5, 5.41) is 14.0. The molecule has 0 bridgehead atoms. The van der Waals surface area contributed by atoms with Crippen LogP contribution in [0.15, 0.2) is 48.5 Å². The second-order valence-electron chi connectivity index (χ2n) is 6.20. The summed E-state index contributed by atoms with van der Waals surface area (Å²) >= 11 is 0. The van der Waals surface area contributed by atoms with Gasteiger partial charge in [-0.15, -0.1) is 0 Å². The number of hydrogen-bond acceptors (Lipinski definition) is 3. The van der Waals surface area contributed by atoms with E-state index in [1.165, 1.54) is 12.1 Å². The highest BCUT2D eigenvalue weighted by atomic mass is 19.1. The number of ether oxygens (including phenoxy) is 1. The number of aliphatic hydroxyl groups excluding tert-OH is 1. The Balaban J connectivity index is 1.95. The van der Waals surface area contributed by atoms with Crippen LogP contribution in [0.2, 0.25) is 0 Å². The zero-order chi connectivity index (χ0) is 16.9. The van der Waals surface area contributed by atoms with E-state index < -0.39 is 11.6 Å². The lowest BCUT2D eigenvalue weighted by Gasteiger charge is -2.32. The van der Waals surface area contributed by atoms with E-state index in [1.807, 2.05) is 38.1 Å². The molecular weight excluding hydrogens is 293 g/mol. The van der Waals surface area contributed by atoms with E-state index >= 15 is 0 Å². The maximum Gasteiger partial charge on any atom is 0.123 e. The van der Waals surface area contributed by atoms with E-state index in [4.69, 9.17) is 4.74 Å². The monoisotopic (exact) mass is 317 g/mol. The first-order chi connectivity index (χ1) is 10.9. The van der Waals surface area contributed by atoms with E-state index in [9.17, 15) is 9.50 Å². The maximum absolute atomic E-state index is 12.9. The molecule has 0 fully saturated rings. The molecule has 23 heavy (non-hydrogen) atoms. The van der Waals surface area contributed by atoms with Crippen molar-refractivity contribution in [2.75, 3.05) is 13.7 Å². The minimum Gasteiger partial charge on any atom is -0.497 e. The van der Waals surface area contributed by atoms with Crippen molar-refractivity contribution in [2.24, 2.45) is 0 Å². The number of halogens is 1. The smallest absolute Gasteiger partial charge is 0.123 e. The van der Waals surface area contributed by atoms with Gasteiger partial charge in [0, 0.05) is 5.54 Å². The van der Waals surface area contributed by atoms with Gasteiger partial charge in [-0.05, 0) is 62.2 Å². The van der Waals surface area contributed by atoms with Gasteiger partial charge in [0.1, 0.15) is 11.6 Å². The van der Waals surface area contributed by atoms with Gasteiger partial charge < -0.3 is 15.2 Å². The fourth-order valence-corrected chi connectivity index (χ4v) is 2.51. The van der Waals surface area contributed by atoms with Crippen molar-refractivity contribution in [3.8, 4) is 5.75 Å². The quantitative estimate of drug-likeness (QED) is 0.821. The lowest BCUT2D eigenvalue weighted by Crippen LogP contribution is -2.45. The fourth-order valence-electron chi connectivity index (χ4n) is 2.51. The first kappa shape index (κ1) is 17.4. The van der Waals surface area contributed by atoms with E-state index in [-0.39, 0.29) is 5.82 Å². The molecule has 0 heterocycles. The van der Waals surface area contributed by atoms with Crippen molar-refractivity contribution < 1.29 is 14.2 Å². The van der Waals surface area contributed by atoms with Crippen molar-refractivity contribution in [2.45, 2.75) is 31.9 Å². The molecular formula is C19H24FNO2. The molecule has 4 heteroatoms. The summed E-state index contributed by atoms with van der Waals surface area (Å²) in [6, 6.07) is 13.9. The predicted octanol–water partition coefficient (Wildman–Crippen LogP) is 3.48. The molecule has 0 aliphatic rings. The molecule has 3 nitrogen and oxygen atoms in total. The molecule has 2 rings (SSSR count). The molecule has 0 aromatic heterocycles. The topological polar surface area (TPSA) is 41.5 Å². The lowest BCUT2D eigenvalue weighted by molar-refractivity contribution is 0.0805. The molecule has 0 amide bonds. The molecule has 2 aromatic rings. The molecule has 1 atom stereocenters. The van der Waals surface area contributed by atoms with Crippen molar-refractivity contribution in [1.82, 2.24) is 5.32 Å². The molecule has 124 valence electrons. The van der Waals surface area contributed by atoms with Crippen LogP contribution in [0.3, 0.4) is 0 Å². The van der Waals surface area contributed by atoms with Crippen LogP contribution >= 0.6 is 0 Å². The van der Waals surface area contributed by atoms with Gasteiger partial charge in [0.05, 0.1) is 13.2 Å². The average Bonchev–Trinajstić information content (AvgIpc) is 2.56. The van der Waals surface area contributed by atoms with E-state index in [0.717, 1.165) is 23.3 Å². The normalized spacial score (nSPS) is 12.9. The lowest BCUT2D eigenvalue weighted by atomic mass is 9.91. The molecule has 2 N–H and O–H groups in total. The Morgan fingerprint density at radius 3 is 2.52 bits per heavy atom. The number of methoxy groups -OCH3 is 1. The van der Waals surface area contributed by atoms with E-state index in [1.54, 1.807) is 19.2 Å². The largest absolute Gasteiger partial charge is 0.497 e.